The molecule has 0 fully saturated rings. The SMILES string of the molecule is Cc1sc2nc(-n3cncn3)nc(NCc3ccc4c(c3)OCCO4)c2c1C. The van der Waals surface area contributed by atoms with E-state index in [0.29, 0.717) is 25.7 Å². The van der Waals surface area contributed by atoms with Crippen molar-refractivity contribution in [1.82, 2.24) is 24.7 Å². The molecule has 1 N–H and O–H groups in total. The van der Waals surface area contributed by atoms with Crippen LogP contribution in [0.5, 0.6) is 11.5 Å². The van der Waals surface area contributed by atoms with Crippen molar-refractivity contribution in [1.29, 1.82) is 0 Å². The third-order valence-electron chi connectivity index (χ3n) is 4.71. The molecule has 5 rings (SSSR count). The van der Waals surface area contributed by atoms with Gasteiger partial charge in [-0.3, -0.25) is 0 Å². The number of hydrogen-bond donors (Lipinski definition) is 1. The van der Waals surface area contributed by atoms with Gasteiger partial charge in [0, 0.05) is 11.4 Å². The molecule has 0 saturated heterocycles. The number of benzene rings is 1. The van der Waals surface area contributed by atoms with E-state index in [2.05, 4.69) is 34.2 Å². The first-order valence-electron chi connectivity index (χ1n) is 8.94. The van der Waals surface area contributed by atoms with Crippen LogP contribution in [-0.4, -0.2) is 37.9 Å². The Morgan fingerprint density at radius 2 is 2.00 bits per heavy atom. The molecule has 28 heavy (non-hydrogen) atoms. The summed E-state index contributed by atoms with van der Waals surface area (Å²) in [6.45, 7) is 5.97. The van der Waals surface area contributed by atoms with E-state index in [-0.39, 0.29) is 0 Å². The first-order valence-corrected chi connectivity index (χ1v) is 9.76. The summed E-state index contributed by atoms with van der Waals surface area (Å²) in [5, 5.41) is 8.67. The monoisotopic (exact) mass is 394 g/mol. The van der Waals surface area contributed by atoms with Crippen LogP contribution in [0.4, 0.5) is 5.82 Å². The topological polar surface area (TPSA) is 87.0 Å². The lowest BCUT2D eigenvalue weighted by Gasteiger charge is -2.19. The zero-order valence-corrected chi connectivity index (χ0v) is 16.3. The van der Waals surface area contributed by atoms with E-state index in [1.807, 2.05) is 18.2 Å². The molecule has 1 aliphatic rings. The second kappa shape index (κ2) is 6.75. The standard InChI is InChI=1S/C19H18N6O2S/c1-11-12(2)28-18-16(11)17(23-19(24-18)25-10-20-9-22-25)21-8-13-3-4-14-15(7-13)27-6-5-26-14/h3-4,7,9-10H,5-6,8H2,1-2H3,(H,21,23,24). The number of fused-ring (bicyclic) bond motifs is 2. The zero-order chi connectivity index (χ0) is 19.1. The molecule has 1 aliphatic heterocycles. The molecule has 0 spiro atoms. The van der Waals surface area contributed by atoms with E-state index in [1.54, 1.807) is 22.3 Å². The van der Waals surface area contributed by atoms with Gasteiger partial charge in [-0.05, 0) is 37.1 Å². The van der Waals surface area contributed by atoms with Gasteiger partial charge in [-0.25, -0.2) is 4.98 Å². The van der Waals surface area contributed by atoms with Crippen LogP contribution in [-0.2, 0) is 6.54 Å². The summed E-state index contributed by atoms with van der Waals surface area (Å²) in [6.07, 6.45) is 3.07. The minimum Gasteiger partial charge on any atom is -0.486 e. The van der Waals surface area contributed by atoms with Gasteiger partial charge in [-0.1, -0.05) is 6.07 Å². The lowest BCUT2D eigenvalue weighted by Crippen LogP contribution is -2.15. The summed E-state index contributed by atoms with van der Waals surface area (Å²) in [7, 11) is 0. The molecule has 0 saturated carbocycles. The third kappa shape index (κ3) is 2.93. The molecule has 0 amide bonds. The van der Waals surface area contributed by atoms with Crippen molar-refractivity contribution in [3.05, 3.63) is 46.9 Å². The molecular formula is C19H18N6O2S. The highest BCUT2D eigenvalue weighted by molar-refractivity contribution is 7.18. The van der Waals surface area contributed by atoms with Crippen LogP contribution in [0.3, 0.4) is 0 Å². The fraction of sp³-hybridized carbons (Fsp3) is 0.263. The van der Waals surface area contributed by atoms with Gasteiger partial charge in [0.05, 0.1) is 5.39 Å². The van der Waals surface area contributed by atoms with Gasteiger partial charge < -0.3 is 14.8 Å². The Morgan fingerprint density at radius 3 is 2.82 bits per heavy atom. The van der Waals surface area contributed by atoms with Gasteiger partial charge in [0.15, 0.2) is 11.5 Å². The van der Waals surface area contributed by atoms with Crippen LogP contribution in [0.2, 0.25) is 0 Å². The van der Waals surface area contributed by atoms with Crippen LogP contribution < -0.4 is 14.8 Å². The smallest absolute Gasteiger partial charge is 0.255 e. The fourth-order valence-electron chi connectivity index (χ4n) is 3.16. The van der Waals surface area contributed by atoms with Crippen molar-refractivity contribution in [3.63, 3.8) is 0 Å². The highest BCUT2D eigenvalue weighted by Gasteiger charge is 2.16. The number of ether oxygens (including phenoxy) is 2. The van der Waals surface area contributed by atoms with E-state index in [4.69, 9.17) is 14.5 Å². The van der Waals surface area contributed by atoms with Gasteiger partial charge in [0.25, 0.3) is 5.95 Å². The second-order valence-corrected chi connectivity index (χ2v) is 7.71. The lowest BCUT2D eigenvalue weighted by molar-refractivity contribution is 0.171. The maximum absolute atomic E-state index is 5.68. The van der Waals surface area contributed by atoms with Crippen molar-refractivity contribution in [2.24, 2.45) is 0 Å². The Morgan fingerprint density at radius 1 is 1.14 bits per heavy atom. The highest BCUT2D eigenvalue weighted by atomic mass is 32.1. The summed E-state index contributed by atoms with van der Waals surface area (Å²) >= 11 is 1.66. The minimum absolute atomic E-state index is 0.496. The lowest BCUT2D eigenvalue weighted by atomic mass is 10.1. The predicted octanol–water partition coefficient (Wildman–Crippen LogP) is 3.27. The number of thiophene rings is 1. The number of anilines is 1. The number of rotatable bonds is 4. The predicted molar refractivity (Wildman–Crippen MR) is 107 cm³/mol. The average molecular weight is 394 g/mol. The largest absolute Gasteiger partial charge is 0.486 e. The quantitative estimate of drug-likeness (QED) is 0.568. The maximum Gasteiger partial charge on any atom is 0.255 e. The summed E-state index contributed by atoms with van der Waals surface area (Å²) in [5.74, 6) is 2.85. The normalized spacial score (nSPS) is 13.1. The van der Waals surface area contributed by atoms with E-state index in [0.717, 1.165) is 33.1 Å². The maximum atomic E-state index is 5.68. The van der Waals surface area contributed by atoms with Gasteiger partial charge >= 0.3 is 0 Å². The molecule has 3 aromatic heterocycles. The molecule has 4 heterocycles. The molecule has 4 aromatic rings. The van der Waals surface area contributed by atoms with Crippen LogP contribution in [0.15, 0.2) is 30.9 Å². The second-order valence-electron chi connectivity index (χ2n) is 6.51. The Balaban J connectivity index is 1.51. The first-order chi connectivity index (χ1) is 13.7. The van der Waals surface area contributed by atoms with Gasteiger partial charge in [-0.15, -0.1) is 11.3 Å². The molecule has 8 nitrogen and oxygen atoms in total. The molecule has 142 valence electrons. The third-order valence-corrected chi connectivity index (χ3v) is 5.81. The van der Waals surface area contributed by atoms with Gasteiger partial charge in [0.2, 0.25) is 0 Å². The molecular weight excluding hydrogens is 376 g/mol. The Kier molecular flexibility index (Phi) is 4.09. The van der Waals surface area contributed by atoms with Crippen LogP contribution in [0.1, 0.15) is 16.0 Å². The first kappa shape index (κ1) is 16.9. The number of aryl methyl sites for hydroxylation is 2. The zero-order valence-electron chi connectivity index (χ0n) is 15.5. The molecule has 0 bridgehead atoms. The number of nitrogens with one attached hydrogen (secondary N) is 1. The van der Waals surface area contributed by atoms with Crippen molar-refractivity contribution in [3.8, 4) is 17.4 Å². The number of nitrogens with zero attached hydrogens (tertiary/aromatic N) is 5. The number of aromatic nitrogens is 5. The van der Waals surface area contributed by atoms with E-state index >= 15 is 0 Å². The molecule has 1 aromatic carbocycles. The van der Waals surface area contributed by atoms with Crippen molar-refractivity contribution in [2.75, 3.05) is 18.5 Å². The van der Waals surface area contributed by atoms with E-state index in [9.17, 15) is 0 Å². The summed E-state index contributed by atoms with van der Waals surface area (Å²) in [5.41, 5.74) is 2.28. The van der Waals surface area contributed by atoms with Crippen LogP contribution >= 0.6 is 11.3 Å². The summed E-state index contributed by atoms with van der Waals surface area (Å²) in [4.78, 5) is 15.5. The van der Waals surface area contributed by atoms with Crippen molar-refractivity contribution >= 4 is 27.4 Å². The van der Waals surface area contributed by atoms with Crippen molar-refractivity contribution in [2.45, 2.75) is 20.4 Å². The van der Waals surface area contributed by atoms with Gasteiger partial charge in [-0.2, -0.15) is 19.7 Å². The van der Waals surface area contributed by atoms with Crippen molar-refractivity contribution < 1.29 is 9.47 Å². The Labute approximate surface area is 165 Å². The molecule has 9 heteroatoms. The number of hydrogen-bond acceptors (Lipinski definition) is 8. The van der Waals surface area contributed by atoms with Crippen LogP contribution in [0, 0.1) is 13.8 Å². The average Bonchev–Trinajstić information content (AvgIpc) is 3.35. The molecule has 0 atom stereocenters. The highest BCUT2D eigenvalue weighted by Crippen LogP contribution is 2.35. The Hall–Kier alpha value is -3.20. The van der Waals surface area contributed by atoms with E-state index in [1.165, 1.54) is 16.8 Å². The van der Waals surface area contributed by atoms with Gasteiger partial charge in [0.1, 0.15) is 36.5 Å². The Bertz CT molecular complexity index is 1160. The fourth-order valence-corrected chi connectivity index (χ4v) is 4.19. The van der Waals surface area contributed by atoms with E-state index < -0.39 is 0 Å². The van der Waals surface area contributed by atoms with Crippen LogP contribution in [0.25, 0.3) is 16.2 Å². The summed E-state index contributed by atoms with van der Waals surface area (Å²) in [6, 6.07) is 5.98. The summed E-state index contributed by atoms with van der Waals surface area (Å²) < 4.78 is 12.8. The minimum atomic E-state index is 0.496. The molecule has 0 radical (unpaired) electrons. The molecule has 0 aliphatic carbocycles. The molecule has 0 unspecified atom stereocenters.